The largest absolute Gasteiger partial charge is 1.00 e. The summed E-state index contributed by atoms with van der Waals surface area (Å²) in [5.74, 6) is -0.350. The number of nitrogens with zero attached hydrogens (tertiary/aromatic N) is 1. The minimum absolute atomic E-state index is 0. The number of aryl methyl sites for hydroxylation is 1. The molecule has 4 nitrogen and oxygen atoms in total. The van der Waals surface area contributed by atoms with Crippen LogP contribution in [-0.4, -0.2) is 18.4 Å². The van der Waals surface area contributed by atoms with Crippen LogP contribution in [0.5, 0.6) is 5.75 Å². The van der Waals surface area contributed by atoms with E-state index in [1.165, 1.54) is 13.0 Å². The molecule has 18 heavy (non-hydrogen) atoms. The molecule has 0 saturated carbocycles. The molecule has 0 fully saturated rings. The van der Waals surface area contributed by atoms with E-state index < -0.39 is 24.1 Å². The first kappa shape index (κ1) is 18.4. The molecule has 1 aromatic carbocycles. The molecule has 0 saturated heterocycles. The van der Waals surface area contributed by atoms with Crippen LogP contribution in [-0.2, 0) is 0 Å². The van der Waals surface area contributed by atoms with Crippen molar-refractivity contribution in [3.63, 3.8) is 0 Å². The SMILES string of the molecule is Cc1cc(Br)cc([N+](=O)[O-])c1OC[B-](F)(F)F.[K+]. The molecule has 0 atom stereocenters. The van der Waals surface area contributed by atoms with Crippen molar-refractivity contribution < 1.29 is 74.0 Å². The van der Waals surface area contributed by atoms with Gasteiger partial charge >= 0.3 is 64.0 Å². The maximum absolute atomic E-state index is 12.0. The predicted molar refractivity (Wildman–Crippen MR) is 60.1 cm³/mol. The van der Waals surface area contributed by atoms with Crippen LogP contribution in [0.25, 0.3) is 0 Å². The first-order valence-corrected chi connectivity index (χ1v) is 5.28. The van der Waals surface area contributed by atoms with Crippen molar-refractivity contribution in [2.75, 3.05) is 6.51 Å². The second kappa shape index (κ2) is 7.25. The summed E-state index contributed by atoms with van der Waals surface area (Å²) in [5.41, 5.74) is -0.219. The van der Waals surface area contributed by atoms with E-state index in [0.717, 1.165) is 6.07 Å². The summed E-state index contributed by atoms with van der Waals surface area (Å²) < 4.78 is 41.0. The van der Waals surface area contributed by atoms with Crippen LogP contribution in [0.2, 0.25) is 0 Å². The smallest absolute Gasteiger partial charge is 0.516 e. The van der Waals surface area contributed by atoms with Gasteiger partial charge < -0.3 is 17.7 Å². The van der Waals surface area contributed by atoms with Gasteiger partial charge in [-0.15, -0.1) is 0 Å². The third kappa shape index (κ3) is 5.57. The van der Waals surface area contributed by atoms with E-state index in [1.807, 2.05) is 0 Å². The number of nitro benzene ring substituents is 1. The molecule has 94 valence electrons. The number of benzene rings is 1. The molecule has 10 heteroatoms. The molecule has 0 aliphatic rings. The van der Waals surface area contributed by atoms with Crippen molar-refractivity contribution in [2.24, 2.45) is 0 Å². The molecule has 0 N–H and O–H groups in total. The Hall–Kier alpha value is 0.391. The van der Waals surface area contributed by atoms with E-state index in [-0.39, 0.29) is 62.7 Å². The Morgan fingerprint density at radius 1 is 1.44 bits per heavy atom. The van der Waals surface area contributed by atoms with Gasteiger partial charge in [0.05, 0.1) is 11.4 Å². The van der Waals surface area contributed by atoms with E-state index in [0.29, 0.717) is 4.47 Å². The normalized spacial score (nSPS) is 10.7. The average Bonchev–Trinajstić information content (AvgIpc) is 2.13. The Labute approximate surface area is 152 Å². The van der Waals surface area contributed by atoms with Crippen LogP contribution in [0, 0.1) is 17.0 Å². The van der Waals surface area contributed by atoms with Crippen LogP contribution in [0.3, 0.4) is 0 Å². The van der Waals surface area contributed by atoms with Crippen LogP contribution in [0.4, 0.5) is 18.6 Å². The van der Waals surface area contributed by atoms with Crippen molar-refractivity contribution >= 4 is 28.6 Å². The van der Waals surface area contributed by atoms with E-state index >= 15 is 0 Å². The number of hydrogen-bond donors (Lipinski definition) is 0. The molecule has 0 aromatic heterocycles. The third-order valence-electron chi connectivity index (χ3n) is 1.83. The maximum atomic E-state index is 12.0. The number of halogens is 4. The van der Waals surface area contributed by atoms with Crippen molar-refractivity contribution in [2.45, 2.75) is 6.92 Å². The molecule has 0 heterocycles. The van der Waals surface area contributed by atoms with E-state index in [9.17, 15) is 23.1 Å². The van der Waals surface area contributed by atoms with Gasteiger partial charge in [-0.05, 0) is 18.6 Å². The molecule has 0 spiro atoms. The van der Waals surface area contributed by atoms with Gasteiger partial charge in [-0.25, -0.2) is 0 Å². The first-order chi connectivity index (χ1) is 7.70. The summed E-state index contributed by atoms with van der Waals surface area (Å²) in [6, 6.07) is 2.55. The fourth-order valence-corrected chi connectivity index (χ4v) is 1.77. The Balaban J connectivity index is 0.00000289. The number of ether oxygens (including phenoxy) is 1. The molecular weight excluding hydrogens is 345 g/mol. The summed E-state index contributed by atoms with van der Waals surface area (Å²) in [7, 11) is 0. The Morgan fingerprint density at radius 3 is 2.44 bits per heavy atom. The van der Waals surface area contributed by atoms with Crippen LogP contribution in [0.15, 0.2) is 16.6 Å². The van der Waals surface area contributed by atoms with Crippen molar-refractivity contribution in [3.8, 4) is 5.75 Å². The second-order valence-electron chi connectivity index (χ2n) is 3.35. The molecule has 0 unspecified atom stereocenters. The minimum Gasteiger partial charge on any atom is -0.516 e. The first-order valence-electron chi connectivity index (χ1n) is 4.49. The van der Waals surface area contributed by atoms with Gasteiger partial charge in [0.1, 0.15) is 0 Å². The van der Waals surface area contributed by atoms with E-state index in [4.69, 9.17) is 0 Å². The standard InChI is InChI=1S/C8H7BBrF3NO3.K/c1-5-2-6(10)3-7(14(15)16)8(5)17-4-9(11,12)13;/h2-3H,4H2,1H3;/q-1;+1. The fraction of sp³-hybridized carbons (Fsp3) is 0.250. The summed E-state index contributed by atoms with van der Waals surface area (Å²) in [6.07, 6.45) is 0. The average molecular weight is 352 g/mol. The molecule has 0 bridgehead atoms. The summed E-state index contributed by atoms with van der Waals surface area (Å²) in [6.45, 7) is -5.20. The Kier molecular flexibility index (Phi) is 7.41. The minimum atomic E-state index is -5.14. The van der Waals surface area contributed by atoms with Gasteiger partial charge in [0.2, 0.25) is 0 Å². The molecule has 0 amide bonds. The zero-order valence-corrected chi connectivity index (χ0v) is 14.3. The van der Waals surface area contributed by atoms with E-state index in [2.05, 4.69) is 20.7 Å². The monoisotopic (exact) mass is 351 g/mol. The number of rotatable bonds is 4. The van der Waals surface area contributed by atoms with Gasteiger partial charge in [-0.2, -0.15) is 0 Å². The van der Waals surface area contributed by atoms with Crippen LogP contribution >= 0.6 is 15.9 Å². The second-order valence-corrected chi connectivity index (χ2v) is 4.27. The van der Waals surface area contributed by atoms with Crippen molar-refractivity contribution in [1.29, 1.82) is 0 Å². The Bertz CT molecular complexity index is 458. The zero-order chi connectivity index (χ0) is 13.2. The molecule has 0 radical (unpaired) electrons. The number of nitro groups is 1. The Morgan fingerprint density at radius 2 is 2.00 bits per heavy atom. The maximum Gasteiger partial charge on any atom is 1.00 e. The summed E-state index contributed by atoms with van der Waals surface area (Å²) in [5, 5.41) is 10.7. The third-order valence-corrected chi connectivity index (χ3v) is 2.29. The van der Waals surface area contributed by atoms with Gasteiger partial charge in [0, 0.05) is 10.5 Å². The molecule has 1 rings (SSSR count). The van der Waals surface area contributed by atoms with E-state index in [1.54, 1.807) is 0 Å². The molecule has 0 aliphatic heterocycles. The topological polar surface area (TPSA) is 52.4 Å². The van der Waals surface area contributed by atoms with Gasteiger partial charge in [0.25, 0.3) is 0 Å². The number of hydrogen-bond acceptors (Lipinski definition) is 3. The quantitative estimate of drug-likeness (QED) is 0.449. The van der Waals surface area contributed by atoms with Gasteiger partial charge in [-0.1, -0.05) is 15.9 Å². The molecule has 1 aromatic rings. The predicted octanol–water partition coefficient (Wildman–Crippen LogP) is 0.435. The van der Waals surface area contributed by atoms with Gasteiger partial charge in [-0.3, -0.25) is 10.1 Å². The molecule has 0 aliphatic carbocycles. The summed E-state index contributed by atoms with van der Waals surface area (Å²) >= 11 is 3.03. The van der Waals surface area contributed by atoms with Gasteiger partial charge in [0.15, 0.2) is 5.75 Å². The molecular formula is C8H7BBrF3KNO3. The van der Waals surface area contributed by atoms with Crippen molar-refractivity contribution in [3.05, 3.63) is 32.3 Å². The van der Waals surface area contributed by atoms with Crippen LogP contribution in [0.1, 0.15) is 5.56 Å². The fourth-order valence-electron chi connectivity index (χ4n) is 1.21. The van der Waals surface area contributed by atoms with Crippen molar-refractivity contribution in [1.82, 2.24) is 0 Å². The summed E-state index contributed by atoms with van der Waals surface area (Å²) in [4.78, 5) is 9.90. The zero-order valence-electron chi connectivity index (χ0n) is 9.62. The van der Waals surface area contributed by atoms with Crippen LogP contribution < -0.4 is 56.1 Å².